The molecule has 2 atom stereocenters. The van der Waals surface area contributed by atoms with Crippen molar-refractivity contribution in [2.45, 2.75) is 84.7 Å². The molecule has 21 heteroatoms. The van der Waals surface area contributed by atoms with Crippen molar-refractivity contribution in [3.05, 3.63) is 148 Å². The number of hydrogen-bond acceptors (Lipinski definition) is 10. The normalized spacial score (nSPS) is 14.0. The summed E-state index contributed by atoms with van der Waals surface area (Å²) in [7, 11) is 1.23. The molecule has 4 amide bonds. The number of carbonyl (C=O) groups is 5. The number of amides is 4. The molecule has 14 nitrogen and oxygen atoms in total. The molecule has 0 radical (unpaired) electrons. The molecule has 1 aliphatic rings. The topological polar surface area (TPSA) is 181 Å². The first-order valence-electron chi connectivity index (χ1n) is 23.7. The minimum Gasteiger partial charge on any atom is -0.350 e. The Hall–Kier alpha value is -7.96. The molecule has 4 aromatic carbocycles. The van der Waals surface area contributed by atoms with Crippen LogP contribution in [0.5, 0.6) is 0 Å². The van der Waals surface area contributed by atoms with Gasteiger partial charge in [-0.2, -0.15) is 18.4 Å². The highest BCUT2D eigenvalue weighted by atomic mass is 32.1. The van der Waals surface area contributed by atoms with Gasteiger partial charge in [-0.3, -0.25) is 24.2 Å². The monoisotopic (exact) mass is 1080 g/mol. The number of aldehydes is 1. The van der Waals surface area contributed by atoms with Crippen molar-refractivity contribution in [2.24, 2.45) is 5.41 Å². The number of carbonyl (C=O) groups excluding carboxylic acids is 5. The van der Waals surface area contributed by atoms with Crippen molar-refractivity contribution in [1.82, 2.24) is 25.5 Å². The van der Waals surface area contributed by atoms with Crippen molar-refractivity contribution in [1.29, 1.82) is 5.26 Å². The van der Waals surface area contributed by atoms with E-state index in [1.165, 1.54) is 61.2 Å². The van der Waals surface area contributed by atoms with Crippen LogP contribution in [0, 0.1) is 35.3 Å². The summed E-state index contributed by atoms with van der Waals surface area (Å²) in [4.78, 5) is 80.6. The van der Waals surface area contributed by atoms with E-state index in [2.05, 4.69) is 25.9 Å². The summed E-state index contributed by atoms with van der Waals surface area (Å²) in [6.07, 6.45) is -2.25. The van der Waals surface area contributed by atoms with E-state index in [0.717, 1.165) is 50.9 Å². The number of nitriles is 1. The van der Waals surface area contributed by atoms with Gasteiger partial charge in [0.1, 0.15) is 29.8 Å². The first-order valence-corrected chi connectivity index (χ1v) is 25.0. The van der Waals surface area contributed by atoms with Gasteiger partial charge in [-0.1, -0.05) is 57.2 Å². The van der Waals surface area contributed by atoms with Crippen LogP contribution in [-0.4, -0.2) is 81.1 Å². The van der Waals surface area contributed by atoms with Crippen molar-refractivity contribution in [3.63, 3.8) is 0 Å². The molecule has 6 aromatic rings. The number of pyridine rings is 1. The Morgan fingerprint density at radius 2 is 1.61 bits per heavy atom. The molecule has 394 valence electrons. The zero-order valence-corrected chi connectivity index (χ0v) is 43.9. The van der Waals surface area contributed by atoms with Gasteiger partial charge in [0.25, 0.3) is 11.8 Å². The second-order valence-corrected chi connectivity index (χ2v) is 20.9. The van der Waals surface area contributed by atoms with Gasteiger partial charge in [0.15, 0.2) is 10.9 Å². The highest BCUT2D eigenvalue weighted by molar-refractivity contribution is 7.80. The summed E-state index contributed by atoms with van der Waals surface area (Å²) >= 11 is 7.16. The molecule has 1 unspecified atom stereocenters. The first-order chi connectivity index (χ1) is 35.8. The molecule has 3 N–H and O–H groups in total. The molecule has 76 heavy (non-hydrogen) atoms. The van der Waals surface area contributed by atoms with E-state index in [1.807, 2.05) is 31.2 Å². The quantitative estimate of drug-likeness (QED) is 0.0537. The lowest BCUT2D eigenvalue weighted by atomic mass is 9.85. The van der Waals surface area contributed by atoms with Crippen LogP contribution >= 0.6 is 23.6 Å². The van der Waals surface area contributed by atoms with E-state index in [9.17, 15) is 42.4 Å². The van der Waals surface area contributed by atoms with Crippen molar-refractivity contribution < 1.29 is 45.9 Å². The van der Waals surface area contributed by atoms with Crippen LogP contribution in [0.2, 0.25) is 0 Å². The maximum Gasteiger partial charge on any atom is 0.420 e. The zero-order chi connectivity index (χ0) is 55.4. The smallest absolute Gasteiger partial charge is 0.350 e. The Morgan fingerprint density at radius 1 is 0.921 bits per heavy atom. The summed E-state index contributed by atoms with van der Waals surface area (Å²) in [5.41, 5.74) is 0.125. The first kappa shape index (κ1) is 55.8. The standard InChI is InChI=1S/C55H52F5N9O5S2/c1-31-46(76-30-64-31)34-12-10-32(11-13-34)27-63-50(73)43-9-8-24-68(43)51(74)47(53(2,3)4)66-48(71)35-16-21-39(40(56)25-35)49(72)65-37-18-14-33(15-19-37)41-22-20-38(28-62-41)69(54(5,6)29-70)52(75)67(7)42-23-17-36(26-61)44(45(42)57)55(58,59)60/h10-23,25,28-30,43,47H,8-9,24,27H2,1-7H3,(H,63,73)(H,65,72)(H,66,71)/t43?,47-/m1/s1. The van der Waals surface area contributed by atoms with Crippen molar-refractivity contribution in [2.75, 3.05) is 28.7 Å². The molecule has 1 aliphatic heterocycles. The number of thiazole rings is 1. The summed E-state index contributed by atoms with van der Waals surface area (Å²) in [5, 5.41) is 17.3. The van der Waals surface area contributed by atoms with Gasteiger partial charge in [0.2, 0.25) is 11.8 Å². The number of anilines is 3. The van der Waals surface area contributed by atoms with E-state index in [-0.39, 0.29) is 40.1 Å². The minimum absolute atomic E-state index is 0.141. The van der Waals surface area contributed by atoms with Gasteiger partial charge in [-0.25, -0.2) is 13.8 Å². The number of likely N-dealkylation sites (tertiary alicyclic amines) is 1. The number of aryl methyl sites for hydroxylation is 1. The number of halogens is 5. The third kappa shape index (κ3) is 12.1. The molecule has 1 fully saturated rings. The Morgan fingerprint density at radius 3 is 2.18 bits per heavy atom. The lowest BCUT2D eigenvalue weighted by molar-refractivity contribution is -0.142. The summed E-state index contributed by atoms with van der Waals surface area (Å²) in [6, 6.07) is 21.9. The predicted molar refractivity (Wildman–Crippen MR) is 283 cm³/mol. The van der Waals surface area contributed by atoms with E-state index in [1.54, 1.807) is 61.9 Å². The predicted octanol–water partition coefficient (Wildman–Crippen LogP) is 10.3. The molecular weight excluding hydrogens is 1030 g/mol. The highest BCUT2D eigenvalue weighted by Gasteiger charge is 2.43. The number of alkyl halides is 3. The van der Waals surface area contributed by atoms with Gasteiger partial charge in [-0.05, 0) is 117 Å². The van der Waals surface area contributed by atoms with E-state index in [0.29, 0.717) is 36.9 Å². The van der Waals surface area contributed by atoms with Gasteiger partial charge in [-0.15, -0.1) is 11.3 Å². The zero-order valence-electron chi connectivity index (χ0n) is 42.3. The molecule has 3 heterocycles. The SMILES string of the molecule is Cc1ncsc1-c1ccc(CNC(=O)C2CCCN2C(=O)[C@@H](NC(=O)c2ccc(C(=O)Nc3ccc(-c4ccc(N(C(=S)N(C)c5ccc(C#N)c(C(F)(F)F)c5F)C(C)(C)C=O)cn4)cc3)c(F)c2)C(C)(C)C)cc1. The number of nitrogens with one attached hydrogen (secondary N) is 3. The molecule has 1 saturated heterocycles. The van der Waals surface area contributed by atoms with Crippen molar-refractivity contribution in [3.8, 4) is 27.8 Å². The molecular formula is C55H52F5N9O5S2. The lowest BCUT2D eigenvalue weighted by Crippen LogP contribution is -2.57. The summed E-state index contributed by atoms with van der Waals surface area (Å²) < 4.78 is 72.5. The molecule has 2 aromatic heterocycles. The van der Waals surface area contributed by atoms with Crippen LogP contribution in [0.1, 0.15) is 90.6 Å². The average molecular weight is 1080 g/mol. The Balaban J connectivity index is 0.975. The third-order valence-corrected chi connectivity index (χ3v) is 14.2. The second-order valence-electron chi connectivity index (χ2n) is 19.7. The van der Waals surface area contributed by atoms with Crippen LogP contribution in [0.3, 0.4) is 0 Å². The third-order valence-electron chi connectivity index (χ3n) is 12.8. The molecule has 0 aliphatic carbocycles. The fourth-order valence-electron chi connectivity index (χ4n) is 8.63. The molecule has 7 rings (SSSR count). The van der Waals surface area contributed by atoms with E-state index < -0.39 is 75.4 Å². The van der Waals surface area contributed by atoms with Gasteiger partial charge < -0.3 is 35.4 Å². The number of aromatic nitrogens is 2. The summed E-state index contributed by atoms with van der Waals surface area (Å²) in [5.74, 6) is -5.07. The number of hydrogen-bond donors (Lipinski definition) is 3. The number of benzene rings is 4. The fourth-order valence-corrected chi connectivity index (χ4v) is 9.88. The second kappa shape index (κ2) is 22.5. The number of rotatable bonds is 14. The Kier molecular flexibility index (Phi) is 16.5. The van der Waals surface area contributed by atoms with Gasteiger partial charge in [0.05, 0.1) is 62.1 Å². The van der Waals surface area contributed by atoms with Crippen LogP contribution in [0.4, 0.5) is 39.0 Å². The van der Waals surface area contributed by atoms with Crippen LogP contribution < -0.4 is 25.8 Å². The Labute approximate surface area is 445 Å². The maximum atomic E-state index is 15.7. The van der Waals surface area contributed by atoms with E-state index in [4.69, 9.17) is 12.2 Å². The number of thiocarbonyl (C=S) groups is 1. The van der Waals surface area contributed by atoms with E-state index >= 15 is 8.78 Å². The van der Waals surface area contributed by atoms with Crippen LogP contribution in [0.15, 0.2) is 103 Å². The minimum atomic E-state index is -5.18. The molecule has 0 spiro atoms. The van der Waals surface area contributed by atoms with Crippen LogP contribution in [-0.2, 0) is 27.1 Å². The largest absolute Gasteiger partial charge is 0.420 e. The number of nitrogens with zero attached hydrogens (tertiary/aromatic N) is 6. The van der Waals surface area contributed by atoms with Crippen LogP contribution in [0.25, 0.3) is 21.7 Å². The molecule has 0 saturated carbocycles. The fraction of sp³-hybridized carbons (Fsp3) is 0.291. The Bertz CT molecular complexity index is 3240. The highest BCUT2D eigenvalue weighted by Crippen LogP contribution is 2.39. The van der Waals surface area contributed by atoms with Gasteiger partial charge in [0, 0.05) is 37.0 Å². The van der Waals surface area contributed by atoms with Gasteiger partial charge >= 0.3 is 6.18 Å². The molecule has 0 bridgehead atoms. The average Bonchev–Trinajstić information content (AvgIpc) is 4.07. The maximum absolute atomic E-state index is 15.7. The van der Waals surface area contributed by atoms with Crippen molar-refractivity contribution >= 4 is 75.6 Å². The lowest BCUT2D eigenvalue weighted by Gasteiger charge is -2.39. The summed E-state index contributed by atoms with van der Waals surface area (Å²) in [6.45, 7) is 10.8.